The van der Waals surface area contributed by atoms with Crippen molar-refractivity contribution < 1.29 is 13.5 Å². The van der Waals surface area contributed by atoms with Gasteiger partial charge in [-0.3, -0.25) is 0 Å². The Kier molecular flexibility index (Phi) is 5.49. The third kappa shape index (κ3) is 3.53. The fourth-order valence-corrected chi connectivity index (χ4v) is 1.75. The molecule has 0 aliphatic rings. The molecule has 2 rings (SSSR count). The van der Waals surface area contributed by atoms with E-state index in [4.69, 9.17) is 4.74 Å². The van der Waals surface area contributed by atoms with E-state index in [9.17, 15) is 8.78 Å². The second kappa shape index (κ2) is 6.88. The fraction of sp³-hybridized carbons (Fsp3) is 0.250. The van der Waals surface area contributed by atoms with Crippen LogP contribution in [0.1, 0.15) is 19.4 Å². The van der Waals surface area contributed by atoms with Crippen molar-refractivity contribution in [2.75, 3.05) is 7.11 Å². The molecule has 0 unspecified atom stereocenters. The molecule has 19 heavy (non-hydrogen) atoms. The molecule has 0 saturated heterocycles. The smallest absolute Gasteiger partial charge is 0.131 e. The van der Waals surface area contributed by atoms with Crippen LogP contribution in [0.4, 0.5) is 8.78 Å². The van der Waals surface area contributed by atoms with Crippen LogP contribution in [0.2, 0.25) is 0 Å². The molecule has 2 aromatic carbocycles. The maximum atomic E-state index is 13.8. The van der Waals surface area contributed by atoms with Gasteiger partial charge in [-0.05, 0) is 42.3 Å². The average Bonchev–Trinajstić information content (AvgIpc) is 2.41. The molecule has 0 aliphatic carbocycles. The molecule has 0 saturated carbocycles. The predicted octanol–water partition coefficient (Wildman–Crippen LogP) is 4.98. The second-order valence-electron chi connectivity index (χ2n) is 3.81. The van der Waals surface area contributed by atoms with E-state index >= 15 is 0 Å². The average molecular weight is 264 g/mol. The molecule has 102 valence electrons. The zero-order valence-corrected chi connectivity index (χ0v) is 11.6. The van der Waals surface area contributed by atoms with Crippen molar-refractivity contribution in [1.82, 2.24) is 0 Å². The molecular weight excluding hydrogens is 246 g/mol. The molecule has 0 heterocycles. The van der Waals surface area contributed by atoms with Crippen LogP contribution >= 0.6 is 0 Å². The summed E-state index contributed by atoms with van der Waals surface area (Å²) in [5.74, 6) is -0.180. The minimum atomic E-state index is -0.388. The second-order valence-corrected chi connectivity index (χ2v) is 3.81. The summed E-state index contributed by atoms with van der Waals surface area (Å²) in [5.41, 5.74) is 1.55. The molecule has 1 nitrogen and oxygen atoms in total. The van der Waals surface area contributed by atoms with Gasteiger partial charge in [-0.15, -0.1) is 0 Å². The number of halogens is 2. The van der Waals surface area contributed by atoms with Gasteiger partial charge in [0, 0.05) is 5.56 Å². The molecule has 0 spiro atoms. The van der Waals surface area contributed by atoms with Gasteiger partial charge in [0.2, 0.25) is 0 Å². The first-order chi connectivity index (χ1) is 9.11. The third-order valence-electron chi connectivity index (χ3n) is 2.62. The number of hydrogen-bond acceptors (Lipinski definition) is 1. The number of aryl methyl sites for hydroxylation is 1. The lowest BCUT2D eigenvalue weighted by Gasteiger charge is -2.09. The topological polar surface area (TPSA) is 9.23 Å². The van der Waals surface area contributed by atoms with Crippen LogP contribution < -0.4 is 4.74 Å². The van der Waals surface area contributed by atoms with E-state index in [0.717, 1.165) is 0 Å². The molecule has 3 heteroatoms. The van der Waals surface area contributed by atoms with E-state index in [1.807, 2.05) is 13.8 Å². The molecule has 0 amide bonds. The Balaban J connectivity index is 0.000000861. The van der Waals surface area contributed by atoms with Crippen molar-refractivity contribution >= 4 is 0 Å². The largest absolute Gasteiger partial charge is 0.496 e. The fourth-order valence-electron chi connectivity index (χ4n) is 1.75. The summed E-state index contributed by atoms with van der Waals surface area (Å²) < 4.78 is 32.0. The summed E-state index contributed by atoms with van der Waals surface area (Å²) in [6, 6.07) is 8.81. The van der Waals surface area contributed by atoms with Crippen LogP contribution in [-0.4, -0.2) is 7.11 Å². The summed E-state index contributed by atoms with van der Waals surface area (Å²) in [6.07, 6.45) is 0. The Hall–Kier alpha value is -1.90. The minimum Gasteiger partial charge on any atom is -0.496 e. The lowest BCUT2D eigenvalue weighted by Crippen LogP contribution is -1.92. The highest BCUT2D eigenvalue weighted by Crippen LogP contribution is 2.30. The van der Waals surface area contributed by atoms with Gasteiger partial charge in [-0.25, -0.2) is 8.78 Å². The highest BCUT2D eigenvalue weighted by atomic mass is 19.1. The Bertz CT molecular complexity index is 550. The van der Waals surface area contributed by atoms with Crippen molar-refractivity contribution in [3.8, 4) is 16.9 Å². The van der Waals surface area contributed by atoms with E-state index in [1.165, 1.54) is 25.3 Å². The van der Waals surface area contributed by atoms with E-state index in [0.29, 0.717) is 22.4 Å². The van der Waals surface area contributed by atoms with Crippen LogP contribution in [0.15, 0.2) is 36.4 Å². The summed E-state index contributed by atoms with van der Waals surface area (Å²) in [5, 5.41) is 0. The van der Waals surface area contributed by atoms with Gasteiger partial charge in [0.1, 0.15) is 17.4 Å². The first-order valence-corrected chi connectivity index (χ1v) is 6.22. The van der Waals surface area contributed by atoms with Gasteiger partial charge in [0.05, 0.1) is 7.11 Å². The first kappa shape index (κ1) is 15.2. The van der Waals surface area contributed by atoms with Crippen LogP contribution in [0.3, 0.4) is 0 Å². The van der Waals surface area contributed by atoms with Gasteiger partial charge >= 0.3 is 0 Å². The lowest BCUT2D eigenvalue weighted by molar-refractivity contribution is 0.410. The molecule has 0 N–H and O–H groups in total. The Labute approximate surface area is 112 Å². The molecule has 0 atom stereocenters. The normalized spacial score (nSPS) is 9.58. The zero-order chi connectivity index (χ0) is 14.4. The van der Waals surface area contributed by atoms with Gasteiger partial charge < -0.3 is 4.74 Å². The monoisotopic (exact) mass is 264 g/mol. The SMILES string of the molecule is CC.COc1cc(-c2cccc(F)c2)c(F)cc1C. The standard InChI is InChI=1S/C14H12F2O.C2H6/c1-9-6-13(16)12(8-14(9)17-2)10-4-3-5-11(15)7-10;1-2/h3-8H,1-2H3;1-2H3. The number of methoxy groups -OCH3 is 1. The molecule has 0 bridgehead atoms. The minimum absolute atomic E-state index is 0.340. The van der Waals surface area contributed by atoms with Crippen LogP contribution in [0.25, 0.3) is 11.1 Å². The quantitative estimate of drug-likeness (QED) is 0.743. The van der Waals surface area contributed by atoms with Crippen LogP contribution in [0, 0.1) is 18.6 Å². The highest BCUT2D eigenvalue weighted by molar-refractivity contribution is 5.66. The molecule has 2 aromatic rings. The summed E-state index contributed by atoms with van der Waals surface area (Å²) in [6.45, 7) is 5.76. The number of rotatable bonds is 2. The summed E-state index contributed by atoms with van der Waals surface area (Å²) in [7, 11) is 1.52. The number of ether oxygens (including phenoxy) is 1. The summed E-state index contributed by atoms with van der Waals surface area (Å²) in [4.78, 5) is 0. The van der Waals surface area contributed by atoms with Crippen molar-refractivity contribution in [3.05, 3.63) is 53.6 Å². The molecule has 0 radical (unpaired) electrons. The van der Waals surface area contributed by atoms with Gasteiger partial charge in [-0.1, -0.05) is 26.0 Å². The Morgan fingerprint density at radius 1 is 1.00 bits per heavy atom. The number of benzene rings is 2. The van der Waals surface area contributed by atoms with E-state index < -0.39 is 0 Å². The molecular formula is C16H18F2O. The third-order valence-corrected chi connectivity index (χ3v) is 2.62. The zero-order valence-electron chi connectivity index (χ0n) is 11.6. The van der Waals surface area contributed by atoms with Crippen molar-refractivity contribution in [2.45, 2.75) is 20.8 Å². The van der Waals surface area contributed by atoms with E-state index in [1.54, 1.807) is 25.1 Å². The van der Waals surface area contributed by atoms with Gasteiger partial charge in [0.15, 0.2) is 0 Å². The first-order valence-electron chi connectivity index (χ1n) is 6.22. The van der Waals surface area contributed by atoms with Crippen LogP contribution in [0.5, 0.6) is 5.75 Å². The molecule has 0 aliphatic heterocycles. The summed E-state index contributed by atoms with van der Waals surface area (Å²) >= 11 is 0. The van der Waals surface area contributed by atoms with Crippen LogP contribution in [-0.2, 0) is 0 Å². The van der Waals surface area contributed by atoms with Crippen molar-refractivity contribution in [1.29, 1.82) is 0 Å². The maximum Gasteiger partial charge on any atom is 0.131 e. The lowest BCUT2D eigenvalue weighted by atomic mass is 10.0. The van der Waals surface area contributed by atoms with Crippen molar-refractivity contribution in [2.24, 2.45) is 0 Å². The number of hydrogen-bond donors (Lipinski definition) is 0. The Morgan fingerprint density at radius 3 is 2.26 bits per heavy atom. The van der Waals surface area contributed by atoms with E-state index in [2.05, 4.69) is 0 Å². The van der Waals surface area contributed by atoms with E-state index in [-0.39, 0.29) is 11.6 Å². The predicted molar refractivity (Wildman–Crippen MR) is 74.4 cm³/mol. The van der Waals surface area contributed by atoms with Gasteiger partial charge in [0.25, 0.3) is 0 Å². The highest BCUT2D eigenvalue weighted by Gasteiger charge is 2.10. The molecule has 0 fully saturated rings. The van der Waals surface area contributed by atoms with Gasteiger partial charge in [-0.2, -0.15) is 0 Å². The van der Waals surface area contributed by atoms with Crippen molar-refractivity contribution in [3.63, 3.8) is 0 Å². The maximum absolute atomic E-state index is 13.8. The molecule has 0 aromatic heterocycles. The Morgan fingerprint density at radius 2 is 1.68 bits per heavy atom.